The van der Waals surface area contributed by atoms with Gasteiger partial charge < -0.3 is 30.3 Å². The fourth-order valence-corrected chi connectivity index (χ4v) is 2.05. The van der Waals surface area contributed by atoms with Crippen molar-refractivity contribution >= 4 is 11.0 Å². The summed E-state index contributed by atoms with van der Waals surface area (Å²) in [7, 11) is 0. The van der Waals surface area contributed by atoms with Gasteiger partial charge in [0.2, 0.25) is 0 Å². The summed E-state index contributed by atoms with van der Waals surface area (Å²) < 4.78 is 1.92. The third-order valence-corrected chi connectivity index (χ3v) is 3.04. The fraction of sp³-hybridized carbons (Fsp3) is 0.0588. The SMILES string of the molecule is [Fe].[cH-]1[cH-][cH-][cH-][cH-]1.c1ccc2c(c1)nnn2C[c-]1cccc1. The topological polar surface area (TPSA) is 30.7 Å². The van der Waals surface area contributed by atoms with E-state index in [1.165, 1.54) is 5.56 Å². The second-order valence-electron chi connectivity index (χ2n) is 4.49. The molecule has 3 aromatic carbocycles. The minimum atomic E-state index is 0. The first-order chi connectivity index (χ1) is 9.93. The van der Waals surface area contributed by atoms with Crippen LogP contribution in [-0.2, 0) is 23.6 Å². The molecular formula is C17H15FeN3-6. The maximum Gasteiger partial charge on any atom is 0.113 e. The molecule has 0 saturated carbocycles. The van der Waals surface area contributed by atoms with Crippen LogP contribution in [0.3, 0.4) is 0 Å². The number of rotatable bonds is 2. The van der Waals surface area contributed by atoms with E-state index in [-0.39, 0.29) is 17.1 Å². The van der Waals surface area contributed by atoms with E-state index >= 15 is 0 Å². The Morgan fingerprint density at radius 3 is 2.19 bits per heavy atom. The molecule has 1 aromatic heterocycles. The number of nitrogens with zero attached hydrogens (tertiary/aromatic N) is 3. The number of aromatic nitrogens is 3. The number of fused-ring (bicyclic) bond motifs is 1. The Morgan fingerprint density at radius 1 is 0.905 bits per heavy atom. The summed E-state index contributed by atoms with van der Waals surface area (Å²) in [5.41, 5.74) is 3.29. The first kappa shape index (κ1) is 15.2. The molecule has 0 bridgehead atoms. The predicted molar refractivity (Wildman–Crippen MR) is 80.7 cm³/mol. The molecule has 0 amide bonds. The standard InChI is InChI=1S/C12H10N3.C5H5.Fe/c1-2-6-10(5-1)9-15-12-8-4-3-7-11(12)13-14-15;1-2-4-5-3-1;/h1-8H,9H2;1-5H;/q-1;-5;. The Morgan fingerprint density at radius 2 is 1.52 bits per heavy atom. The van der Waals surface area contributed by atoms with Crippen LogP contribution in [0.1, 0.15) is 5.56 Å². The van der Waals surface area contributed by atoms with Gasteiger partial charge >= 0.3 is 0 Å². The van der Waals surface area contributed by atoms with Gasteiger partial charge in [-0.25, -0.2) is 12.1 Å². The van der Waals surface area contributed by atoms with Crippen molar-refractivity contribution in [1.82, 2.24) is 15.0 Å². The molecule has 0 aliphatic rings. The molecule has 0 saturated heterocycles. The minimum absolute atomic E-state index is 0. The van der Waals surface area contributed by atoms with Crippen molar-refractivity contribution in [2.75, 3.05) is 0 Å². The van der Waals surface area contributed by atoms with E-state index < -0.39 is 0 Å². The van der Waals surface area contributed by atoms with Gasteiger partial charge in [-0.3, -0.25) is 4.68 Å². The van der Waals surface area contributed by atoms with Crippen LogP contribution < -0.4 is 0 Å². The van der Waals surface area contributed by atoms with E-state index in [2.05, 4.69) is 22.4 Å². The summed E-state index contributed by atoms with van der Waals surface area (Å²) in [6.45, 7) is 0.785. The second kappa shape index (κ2) is 7.58. The van der Waals surface area contributed by atoms with Gasteiger partial charge in [-0.05, 0) is 12.1 Å². The Hall–Kier alpha value is -2.16. The van der Waals surface area contributed by atoms with E-state index in [1.807, 2.05) is 71.4 Å². The Balaban J connectivity index is 0.000000231. The van der Waals surface area contributed by atoms with Gasteiger partial charge in [0.25, 0.3) is 0 Å². The predicted octanol–water partition coefficient (Wildman–Crippen LogP) is 3.60. The molecule has 0 spiro atoms. The average molecular weight is 317 g/mol. The molecule has 0 aliphatic carbocycles. The van der Waals surface area contributed by atoms with Crippen LogP contribution in [0, 0.1) is 0 Å². The van der Waals surface area contributed by atoms with Crippen LogP contribution in [0.15, 0.2) is 78.9 Å². The summed E-state index contributed by atoms with van der Waals surface area (Å²) >= 11 is 0. The van der Waals surface area contributed by atoms with Crippen LogP contribution in [0.2, 0.25) is 0 Å². The largest absolute Gasteiger partial charge is 0.748 e. The fourth-order valence-electron chi connectivity index (χ4n) is 2.05. The van der Waals surface area contributed by atoms with E-state index in [1.54, 1.807) is 0 Å². The first-order valence-electron chi connectivity index (χ1n) is 6.59. The summed E-state index contributed by atoms with van der Waals surface area (Å²) in [5.74, 6) is 0. The van der Waals surface area contributed by atoms with Gasteiger partial charge in [-0.2, -0.15) is 12.1 Å². The molecule has 0 unspecified atom stereocenters. The van der Waals surface area contributed by atoms with Gasteiger partial charge in [0, 0.05) is 23.6 Å². The van der Waals surface area contributed by atoms with Crippen molar-refractivity contribution in [3.8, 4) is 0 Å². The zero-order valence-corrected chi connectivity index (χ0v) is 12.5. The van der Waals surface area contributed by atoms with E-state index in [9.17, 15) is 0 Å². The maximum absolute atomic E-state index is 4.14. The average Bonchev–Trinajstić information content (AvgIpc) is 3.24. The van der Waals surface area contributed by atoms with Crippen LogP contribution in [0.4, 0.5) is 0 Å². The molecule has 0 atom stereocenters. The zero-order valence-electron chi connectivity index (χ0n) is 11.4. The maximum atomic E-state index is 4.14. The molecule has 112 valence electrons. The molecule has 0 aliphatic heterocycles. The van der Waals surface area contributed by atoms with E-state index in [4.69, 9.17) is 0 Å². The quantitative estimate of drug-likeness (QED) is 0.418. The van der Waals surface area contributed by atoms with Crippen molar-refractivity contribution in [3.63, 3.8) is 0 Å². The second-order valence-corrected chi connectivity index (χ2v) is 4.49. The molecule has 4 heteroatoms. The van der Waals surface area contributed by atoms with Crippen molar-refractivity contribution < 1.29 is 17.1 Å². The molecule has 3 nitrogen and oxygen atoms in total. The monoisotopic (exact) mass is 317 g/mol. The third-order valence-electron chi connectivity index (χ3n) is 3.04. The number of hydrogen-bond acceptors (Lipinski definition) is 2. The van der Waals surface area contributed by atoms with Crippen LogP contribution in [0.25, 0.3) is 11.0 Å². The molecule has 0 N–H and O–H groups in total. The third kappa shape index (κ3) is 3.91. The number of benzene rings is 1. The molecule has 21 heavy (non-hydrogen) atoms. The van der Waals surface area contributed by atoms with Gasteiger partial charge in [0.05, 0.1) is 5.52 Å². The number of para-hydroxylation sites is 1. The summed E-state index contributed by atoms with van der Waals surface area (Å²) in [5, 5.41) is 8.25. The van der Waals surface area contributed by atoms with Gasteiger partial charge in [0.1, 0.15) is 5.52 Å². The van der Waals surface area contributed by atoms with Crippen LogP contribution in [-0.4, -0.2) is 15.0 Å². The van der Waals surface area contributed by atoms with Crippen molar-refractivity contribution in [2.24, 2.45) is 0 Å². The summed E-state index contributed by atoms with van der Waals surface area (Å²) in [6, 6.07) is 26.3. The molecule has 4 rings (SSSR count). The van der Waals surface area contributed by atoms with E-state index in [0.717, 1.165) is 17.6 Å². The Labute approximate surface area is 134 Å². The van der Waals surface area contributed by atoms with Gasteiger partial charge in [-0.1, -0.05) is 17.3 Å². The molecule has 0 radical (unpaired) electrons. The van der Waals surface area contributed by atoms with Gasteiger partial charge in [0.15, 0.2) is 0 Å². The summed E-state index contributed by atoms with van der Waals surface area (Å²) in [4.78, 5) is 0. The smallest absolute Gasteiger partial charge is 0.113 e. The zero-order chi connectivity index (χ0) is 13.6. The molecule has 1 heterocycles. The molecule has 0 fully saturated rings. The Kier molecular flexibility index (Phi) is 5.50. The van der Waals surface area contributed by atoms with Crippen LogP contribution in [0.5, 0.6) is 0 Å². The normalized spacial score (nSPS) is 9.71. The minimum Gasteiger partial charge on any atom is -0.748 e. The van der Waals surface area contributed by atoms with Gasteiger partial charge in [-0.15, -0.1) is 10.7 Å². The van der Waals surface area contributed by atoms with E-state index in [0.29, 0.717) is 0 Å². The van der Waals surface area contributed by atoms with Crippen molar-refractivity contribution in [1.29, 1.82) is 0 Å². The summed E-state index contributed by atoms with van der Waals surface area (Å²) in [6.07, 6.45) is 0. The van der Waals surface area contributed by atoms with Crippen molar-refractivity contribution in [3.05, 3.63) is 84.4 Å². The first-order valence-corrected chi connectivity index (χ1v) is 6.59. The molecule has 4 aromatic rings. The molecular weight excluding hydrogens is 302 g/mol. The Bertz CT molecular complexity index is 722. The number of hydrogen-bond donors (Lipinski definition) is 0. The van der Waals surface area contributed by atoms with Crippen molar-refractivity contribution in [2.45, 2.75) is 6.54 Å². The van der Waals surface area contributed by atoms with Crippen LogP contribution >= 0.6 is 0 Å².